The number of rotatable bonds is 7. The summed E-state index contributed by atoms with van der Waals surface area (Å²) < 4.78 is 5.33. The summed E-state index contributed by atoms with van der Waals surface area (Å²) in [6.45, 7) is 4.84. The minimum atomic E-state index is -0.656. The summed E-state index contributed by atoms with van der Waals surface area (Å²) in [6.07, 6.45) is 0.400. The second-order valence-corrected chi connectivity index (χ2v) is 4.38. The normalized spacial score (nSPS) is 13.3. The SMILES string of the molecule is CCOC(C)CNC(=O)C(C#N)Cc1ccccc1. The van der Waals surface area contributed by atoms with Crippen molar-refractivity contribution in [1.82, 2.24) is 5.32 Å². The van der Waals surface area contributed by atoms with Gasteiger partial charge >= 0.3 is 0 Å². The molecule has 4 heteroatoms. The van der Waals surface area contributed by atoms with Crippen molar-refractivity contribution in [3.63, 3.8) is 0 Å². The lowest BCUT2D eigenvalue weighted by molar-refractivity contribution is -0.124. The molecule has 0 radical (unpaired) electrons. The van der Waals surface area contributed by atoms with Gasteiger partial charge in [0, 0.05) is 13.2 Å². The molecule has 4 nitrogen and oxygen atoms in total. The highest BCUT2D eigenvalue weighted by molar-refractivity contribution is 5.81. The van der Waals surface area contributed by atoms with Gasteiger partial charge in [0.2, 0.25) is 5.91 Å². The summed E-state index contributed by atoms with van der Waals surface area (Å²) in [5.74, 6) is -0.894. The molecule has 1 N–H and O–H groups in total. The molecule has 0 aliphatic rings. The van der Waals surface area contributed by atoms with Gasteiger partial charge in [-0.3, -0.25) is 4.79 Å². The highest BCUT2D eigenvalue weighted by Gasteiger charge is 2.18. The summed E-state index contributed by atoms with van der Waals surface area (Å²) in [7, 11) is 0. The molecule has 1 aromatic rings. The molecule has 0 aliphatic heterocycles. The van der Waals surface area contributed by atoms with Crippen molar-refractivity contribution in [2.24, 2.45) is 5.92 Å². The van der Waals surface area contributed by atoms with E-state index < -0.39 is 5.92 Å². The molecule has 0 heterocycles. The van der Waals surface area contributed by atoms with Gasteiger partial charge in [0.1, 0.15) is 5.92 Å². The van der Waals surface area contributed by atoms with E-state index in [1.54, 1.807) is 0 Å². The van der Waals surface area contributed by atoms with Crippen molar-refractivity contribution in [2.45, 2.75) is 26.4 Å². The third-order valence-corrected chi connectivity index (χ3v) is 2.77. The van der Waals surface area contributed by atoms with Crippen molar-refractivity contribution >= 4 is 5.91 Å². The Morgan fingerprint density at radius 1 is 1.42 bits per heavy atom. The smallest absolute Gasteiger partial charge is 0.237 e. The van der Waals surface area contributed by atoms with Gasteiger partial charge in [0.25, 0.3) is 0 Å². The Bertz CT molecular complexity index is 426. The first-order valence-corrected chi connectivity index (χ1v) is 6.50. The van der Waals surface area contributed by atoms with Crippen molar-refractivity contribution in [2.75, 3.05) is 13.2 Å². The number of nitrogens with one attached hydrogen (secondary N) is 1. The van der Waals surface area contributed by atoms with Crippen LogP contribution in [0.3, 0.4) is 0 Å². The zero-order valence-electron chi connectivity index (χ0n) is 11.4. The average molecular weight is 260 g/mol. The predicted octanol–water partition coefficient (Wildman–Crippen LogP) is 1.91. The van der Waals surface area contributed by atoms with Crippen molar-refractivity contribution in [3.05, 3.63) is 35.9 Å². The van der Waals surface area contributed by atoms with Crippen LogP contribution in [0.15, 0.2) is 30.3 Å². The van der Waals surface area contributed by atoms with Gasteiger partial charge in [-0.2, -0.15) is 5.26 Å². The van der Waals surface area contributed by atoms with Crippen LogP contribution < -0.4 is 5.32 Å². The fourth-order valence-corrected chi connectivity index (χ4v) is 1.76. The van der Waals surface area contributed by atoms with Gasteiger partial charge in [-0.25, -0.2) is 0 Å². The highest BCUT2D eigenvalue weighted by Crippen LogP contribution is 2.08. The number of nitriles is 1. The Morgan fingerprint density at radius 2 is 2.11 bits per heavy atom. The molecule has 0 bridgehead atoms. The van der Waals surface area contributed by atoms with Gasteiger partial charge in [0.15, 0.2) is 0 Å². The first-order valence-electron chi connectivity index (χ1n) is 6.50. The molecule has 0 aliphatic carbocycles. The Morgan fingerprint density at radius 3 is 2.68 bits per heavy atom. The van der Waals surface area contributed by atoms with E-state index >= 15 is 0 Å². The average Bonchev–Trinajstić information content (AvgIpc) is 2.43. The number of hydrogen-bond donors (Lipinski definition) is 1. The Balaban J connectivity index is 2.47. The summed E-state index contributed by atoms with van der Waals surface area (Å²) in [5, 5.41) is 11.8. The third-order valence-electron chi connectivity index (χ3n) is 2.77. The lowest BCUT2D eigenvalue weighted by atomic mass is 10.00. The molecule has 102 valence electrons. The van der Waals surface area contributed by atoms with E-state index in [0.29, 0.717) is 19.6 Å². The maximum atomic E-state index is 11.9. The quantitative estimate of drug-likeness (QED) is 0.814. The Kier molecular flexibility index (Phi) is 6.62. The number of nitrogens with zero attached hydrogens (tertiary/aromatic N) is 1. The number of benzene rings is 1. The highest BCUT2D eigenvalue weighted by atomic mass is 16.5. The van der Waals surface area contributed by atoms with E-state index in [9.17, 15) is 4.79 Å². The number of carbonyl (C=O) groups is 1. The van der Waals surface area contributed by atoms with Gasteiger partial charge in [-0.1, -0.05) is 30.3 Å². The molecule has 1 aromatic carbocycles. The fourth-order valence-electron chi connectivity index (χ4n) is 1.76. The minimum Gasteiger partial charge on any atom is -0.377 e. The maximum absolute atomic E-state index is 11.9. The molecule has 19 heavy (non-hydrogen) atoms. The van der Waals surface area contributed by atoms with Crippen LogP contribution in [-0.2, 0) is 16.0 Å². The van der Waals surface area contributed by atoms with Gasteiger partial charge in [-0.15, -0.1) is 0 Å². The third kappa shape index (κ3) is 5.54. The van der Waals surface area contributed by atoms with Gasteiger partial charge < -0.3 is 10.1 Å². The Hall–Kier alpha value is -1.86. The molecule has 0 saturated heterocycles. The van der Waals surface area contributed by atoms with Crippen LogP contribution in [0.25, 0.3) is 0 Å². The molecular formula is C15H20N2O2. The van der Waals surface area contributed by atoms with Crippen molar-refractivity contribution in [1.29, 1.82) is 5.26 Å². The van der Waals surface area contributed by atoms with Crippen LogP contribution in [0.5, 0.6) is 0 Å². The van der Waals surface area contributed by atoms with Crippen LogP contribution in [0, 0.1) is 17.2 Å². The molecule has 0 saturated carbocycles. The summed E-state index contributed by atoms with van der Waals surface area (Å²) in [5.41, 5.74) is 0.988. The fraction of sp³-hybridized carbons (Fsp3) is 0.467. The summed E-state index contributed by atoms with van der Waals surface area (Å²) in [6, 6.07) is 11.6. The van der Waals surface area contributed by atoms with E-state index in [1.165, 1.54) is 0 Å². The Labute approximate surface area is 114 Å². The first-order chi connectivity index (χ1) is 9.17. The van der Waals surface area contributed by atoms with Crippen LogP contribution in [0.2, 0.25) is 0 Å². The topological polar surface area (TPSA) is 62.1 Å². The number of hydrogen-bond acceptors (Lipinski definition) is 3. The monoisotopic (exact) mass is 260 g/mol. The molecule has 0 aromatic heterocycles. The molecular weight excluding hydrogens is 240 g/mol. The second-order valence-electron chi connectivity index (χ2n) is 4.38. The summed E-state index contributed by atoms with van der Waals surface area (Å²) in [4.78, 5) is 11.9. The van der Waals surface area contributed by atoms with Crippen LogP contribution in [0.1, 0.15) is 19.4 Å². The first kappa shape index (κ1) is 15.2. The lowest BCUT2D eigenvalue weighted by Gasteiger charge is -2.14. The maximum Gasteiger partial charge on any atom is 0.237 e. The molecule has 1 rings (SSSR count). The largest absolute Gasteiger partial charge is 0.377 e. The lowest BCUT2D eigenvalue weighted by Crippen LogP contribution is -2.36. The van der Waals surface area contributed by atoms with E-state index in [4.69, 9.17) is 10.00 Å². The summed E-state index contributed by atoms with van der Waals surface area (Å²) >= 11 is 0. The van der Waals surface area contributed by atoms with E-state index in [1.807, 2.05) is 44.2 Å². The van der Waals surface area contributed by atoms with E-state index in [0.717, 1.165) is 5.56 Å². The zero-order valence-corrected chi connectivity index (χ0v) is 11.4. The van der Waals surface area contributed by atoms with Gasteiger partial charge in [-0.05, 0) is 25.8 Å². The van der Waals surface area contributed by atoms with Crippen LogP contribution >= 0.6 is 0 Å². The van der Waals surface area contributed by atoms with Gasteiger partial charge in [0.05, 0.1) is 12.2 Å². The number of carbonyl (C=O) groups excluding carboxylic acids is 1. The molecule has 0 spiro atoms. The standard InChI is InChI=1S/C15H20N2O2/c1-3-19-12(2)11-17-15(18)14(10-16)9-13-7-5-4-6-8-13/h4-8,12,14H,3,9,11H2,1-2H3,(H,17,18). The minimum absolute atomic E-state index is 0.0370. The molecule has 1 amide bonds. The van der Waals surface area contributed by atoms with Crippen LogP contribution in [0.4, 0.5) is 0 Å². The number of ether oxygens (including phenoxy) is 1. The second kappa shape index (κ2) is 8.28. The number of amides is 1. The predicted molar refractivity (Wildman–Crippen MR) is 73.3 cm³/mol. The molecule has 0 fully saturated rings. The zero-order chi connectivity index (χ0) is 14.1. The molecule has 2 atom stereocenters. The van der Waals surface area contributed by atoms with Crippen molar-refractivity contribution in [3.8, 4) is 6.07 Å². The molecule has 2 unspecified atom stereocenters. The van der Waals surface area contributed by atoms with Crippen LogP contribution in [-0.4, -0.2) is 25.2 Å². The van der Waals surface area contributed by atoms with E-state index in [2.05, 4.69) is 11.4 Å². The van der Waals surface area contributed by atoms with Crippen molar-refractivity contribution < 1.29 is 9.53 Å². The van der Waals surface area contributed by atoms with E-state index in [-0.39, 0.29) is 12.0 Å².